The summed E-state index contributed by atoms with van der Waals surface area (Å²) in [5.41, 5.74) is 3.26. The number of hydrogen-bond donors (Lipinski definition) is 1. The average molecular weight is 480 g/mol. The van der Waals surface area contributed by atoms with Gasteiger partial charge in [-0.05, 0) is 55.5 Å². The molecule has 0 aliphatic rings. The topological polar surface area (TPSA) is 86.1 Å². The highest BCUT2D eigenvalue weighted by molar-refractivity contribution is 6.04. The van der Waals surface area contributed by atoms with Crippen LogP contribution in [0, 0.1) is 5.82 Å². The lowest BCUT2D eigenvalue weighted by atomic mass is 10.1. The van der Waals surface area contributed by atoms with Crippen LogP contribution in [0.15, 0.2) is 91.0 Å². The van der Waals surface area contributed by atoms with Crippen molar-refractivity contribution >= 4 is 28.5 Å². The van der Waals surface area contributed by atoms with Crippen LogP contribution in [0.4, 0.5) is 10.1 Å². The summed E-state index contributed by atoms with van der Waals surface area (Å²) in [6.45, 7) is 1.91. The molecule has 0 aliphatic heterocycles. The molecule has 2 aromatic heterocycles. The normalized spacial score (nSPS) is 10.8. The molecule has 0 bridgehead atoms. The molecule has 0 saturated heterocycles. The van der Waals surface area contributed by atoms with Crippen LogP contribution < -0.4 is 5.32 Å². The number of carbonyl (C=O) groups is 2. The number of ether oxygens (including phenoxy) is 1. The number of amides is 1. The van der Waals surface area contributed by atoms with Crippen molar-refractivity contribution in [3.63, 3.8) is 0 Å². The van der Waals surface area contributed by atoms with E-state index < -0.39 is 11.8 Å². The van der Waals surface area contributed by atoms with Gasteiger partial charge in [-0.2, -0.15) is 5.10 Å². The number of nitrogens with one attached hydrogen (secondary N) is 1. The number of pyridine rings is 1. The van der Waals surface area contributed by atoms with E-state index in [-0.39, 0.29) is 23.9 Å². The first-order valence-corrected chi connectivity index (χ1v) is 11.3. The van der Waals surface area contributed by atoms with E-state index >= 15 is 0 Å². The predicted octanol–water partition coefficient (Wildman–Crippen LogP) is 5.66. The molecule has 36 heavy (non-hydrogen) atoms. The summed E-state index contributed by atoms with van der Waals surface area (Å²) in [4.78, 5) is 29.7. The largest absolute Gasteiger partial charge is 0.461 e. The summed E-state index contributed by atoms with van der Waals surface area (Å²) in [6, 6.07) is 25.6. The Balaban J connectivity index is 1.49. The number of para-hydroxylation sites is 1. The molecule has 0 radical (unpaired) electrons. The number of fused-ring (bicyclic) bond motifs is 1. The Morgan fingerprint density at radius 3 is 2.58 bits per heavy atom. The van der Waals surface area contributed by atoms with Gasteiger partial charge in [-0.15, -0.1) is 0 Å². The van der Waals surface area contributed by atoms with Crippen LogP contribution in [-0.4, -0.2) is 33.2 Å². The number of halogens is 1. The predicted molar refractivity (Wildman–Crippen MR) is 135 cm³/mol. The van der Waals surface area contributed by atoms with E-state index in [1.165, 1.54) is 16.8 Å². The Morgan fingerprint density at radius 1 is 0.917 bits per heavy atom. The van der Waals surface area contributed by atoms with E-state index in [9.17, 15) is 14.0 Å². The van der Waals surface area contributed by atoms with E-state index in [1.54, 1.807) is 49.4 Å². The zero-order valence-electron chi connectivity index (χ0n) is 19.3. The number of anilines is 1. The van der Waals surface area contributed by atoms with Gasteiger partial charge in [0.05, 0.1) is 23.5 Å². The number of esters is 1. The number of aromatic nitrogens is 3. The van der Waals surface area contributed by atoms with Crippen molar-refractivity contribution in [3.8, 4) is 16.9 Å². The van der Waals surface area contributed by atoms with Gasteiger partial charge in [-0.3, -0.25) is 4.79 Å². The number of benzene rings is 3. The standard InChI is InChI=1S/C28H21FN4O3/c1-2-36-28(35)25-17-26(33(32-25)22-11-6-9-20(29)16-22)19-8-5-10-21(15-19)30-27(34)24-14-13-18-7-3-4-12-23(18)31-24/h3-17H,2H2,1H3,(H,30,34). The molecule has 7 nitrogen and oxygen atoms in total. The Bertz CT molecular complexity index is 1600. The van der Waals surface area contributed by atoms with Gasteiger partial charge in [0.15, 0.2) is 5.69 Å². The second-order valence-corrected chi connectivity index (χ2v) is 7.95. The molecule has 178 valence electrons. The SMILES string of the molecule is CCOC(=O)c1cc(-c2cccc(NC(=O)c3ccc4ccccc4n3)c2)n(-c2cccc(F)c2)n1. The maximum Gasteiger partial charge on any atom is 0.358 e. The fourth-order valence-electron chi connectivity index (χ4n) is 3.84. The highest BCUT2D eigenvalue weighted by Gasteiger charge is 2.19. The quantitative estimate of drug-likeness (QED) is 0.317. The van der Waals surface area contributed by atoms with E-state index in [4.69, 9.17) is 4.74 Å². The second kappa shape index (κ2) is 9.79. The lowest BCUT2D eigenvalue weighted by molar-refractivity contribution is 0.0519. The number of nitrogens with zero attached hydrogens (tertiary/aromatic N) is 3. The molecular weight excluding hydrogens is 459 g/mol. The Morgan fingerprint density at radius 2 is 1.75 bits per heavy atom. The summed E-state index contributed by atoms with van der Waals surface area (Å²) < 4.78 is 20.5. The first-order chi connectivity index (χ1) is 17.5. The summed E-state index contributed by atoms with van der Waals surface area (Å²) in [5.74, 6) is -1.37. The number of carbonyl (C=O) groups excluding carboxylic acids is 2. The van der Waals surface area contributed by atoms with Crippen LogP contribution in [-0.2, 0) is 4.74 Å². The fourth-order valence-corrected chi connectivity index (χ4v) is 3.84. The Labute approximate surface area is 206 Å². The van der Waals surface area contributed by atoms with Gasteiger partial charge in [-0.25, -0.2) is 18.9 Å². The summed E-state index contributed by atoms with van der Waals surface area (Å²) in [7, 11) is 0. The van der Waals surface area contributed by atoms with Crippen molar-refractivity contribution in [2.24, 2.45) is 0 Å². The van der Waals surface area contributed by atoms with Crippen molar-refractivity contribution in [3.05, 3.63) is 108 Å². The maximum atomic E-state index is 14.0. The van der Waals surface area contributed by atoms with Crippen LogP contribution in [0.1, 0.15) is 27.9 Å². The van der Waals surface area contributed by atoms with Gasteiger partial charge in [0.2, 0.25) is 0 Å². The van der Waals surface area contributed by atoms with E-state index in [2.05, 4.69) is 15.4 Å². The molecular formula is C28H21FN4O3. The molecule has 5 rings (SSSR count). The van der Waals surface area contributed by atoms with Crippen molar-refractivity contribution in [2.45, 2.75) is 6.92 Å². The molecule has 0 atom stereocenters. The number of rotatable bonds is 6. The molecule has 1 N–H and O–H groups in total. The summed E-state index contributed by atoms with van der Waals surface area (Å²) in [6.07, 6.45) is 0. The third kappa shape index (κ3) is 4.69. The molecule has 5 aromatic rings. The summed E-state index contributed by atoms with van der Waals surface area (Å²) in [5, 5.41) is 8.17. The molecule has 0 spiro atoms. The molecule has 0 unspecified atom stereocenters. The maximum absolute atomic E-state index is 14.0. The van der Waals surface area contributed by atoms with Crippen molar-refractivity contribution in [2.75, 3.05) is 11.9 Å². The molecule has 0 saturated carbocycles. The smallest absolute Gasteiger partial charge is 0.358 e. The molecule has 1 amide bonds. The first-order valence-electron chi connectivity index (χ1n) is 11.3. The van der Waals surface area contributed by atoms with Crippen LogP contribution in [0.5, 0.6) is 0 Å². The Kier molecular flexibility index (Phi) is 6.23. The second-order valence-electron chi connectivity index (χ2n) is 7.95. The lowest BCUT2D eigenvalue weighted by Gasteiger charge is -2.10. The van der Waals surface area contributed by atoms with E-state index in [0.29, 0.717) is 22.6 Å². The zero-order chi connectivity index (χ0) is 25.1. The van der Waals surface area contributed by atoms with Crippen molar-refractivity contribution in [1.82, 2.24) is 14.8 Å². The van der Waals surface area contributed by atoms with Gasteiger partial charge >= 0.3 is 5.97 Å². The average Bonchev–Trinajstić information content (AvgIpc) is 3.35. The van der Waals surface area contributed by atoms with Crippen LogP contribution in [0.2, 0.25) is 0 Å². The monoisotopic (exact) mass is 480 g/mol. The molecule has 2 heterocycles. The minimum atomic E-state index is -0.583. The fraction of sp³-hybridized carbons (Fsp3) is 0.0714. The highest BCUT2D eigenvalue weighted by Crippen LogP contribution is 2.27. The van der Waals surface area contributed by atoms with Crippen LogP contribution >= 0.6 is 0 Å². The van der Waals surface area contributed by atoms with Crippen molar-refractivity contribution < 1.29 is 18.7 Å². The molecule has 0 fully saturated rings. The van der Waals surface area contributed by atoms with Gasteiger partial charge < -0.3 is 10.1 Å². The van der Waals surface area contributed by atoms with Crippen molar-refractivity contribution in [1.29, 1.82) is 0 Å². The molecule has 8 heteroatoms. The third-order valence-electron chi connectivity index (χ3n) is 5.49. The zero-order valence-corrected chi connectivity index (χ0v) is 19.3. The third-order valence-corrected chi connectivity index (χ3v) is 5.49. The van der Waals surface area contributed by atoms with Gasteiger partial charge in [0.25, 0.3) is 5.91 Å². The van der Waals surface area contributed by atoms with Gasteiger partial charge in [-0.1, -0.05) is 42.5 Å². The minimum absolute atomic E-state index is 0.0888. The van der Waals surface area contributed by atoms with Gasteiger partial charge in [0, 0.05) is 16.6 Å². The first kappa shape index (κ1) is 22.9. The Hall–Kier alpha value is -4.85. The van der Waals surface area contributed by atoms with E-state index in [1.807, 2.05) is 36.4 Å². The highest BCUT2D eigenvalue weighted by atomic mass is 19.1. The molecule has 0 aliphatic carbocycles. The minimum Gasteiger partial charge on any atom is -0.461 e. The number of hydrogen-bond acceptors (Lipinski definition) is 5. The lowest BCUT2D eigenvalue weighted by Crippen LogP contribution is -2.13. The molecule has 3 aromatic carbocycles. The van der Waals surface area contributed by atoms with Crippen LogP contribution in [0.3, 0.4) is 0 Å². The van der Waals surface area contributed by atoms with E-state index in [0.717, 1.165) is 10.9 Å². The summed E-state index contributed by atoms with van der Waals surface area (Å²) >= 11 is 0. The van der Waals surface area contributed by atoms with Crippen LogP contribution in [0.25, 0.3) is 27.8 Å². The van der Waals surface area contributed by atoms with Gasteiger partial charge in [0.1, 0.15) is 11.5 Å².